The Morgan fingerprint density at radius 2 is 1.68 bits per heavy atom. The molecule has 3 aromatic rings. The van der Waals surface area contributed by atoms with Crippen LogP contribution in [-0.4, -0.2) is 56.6 Å². The van der Waals surface area contributed by atoms with Crippen molar-refractivity contribution in [2.45, 2.75) is 33.1 Å². The van der Waals surface area contributed by atoms with Crippen molar-refractivity contribution in [2.75, 3.05) is 36.4 Å². The van der Waals surface area contributed by atoms with Gasteiger partial charge in [-0.05, 0) is 30.0 Å². The van der Waals surface area contributed by atoms with E-state index < -0.39 is 0 Å². The van der Waals surface area contributed by atoms with Gasteiger partial charge in [-0.1, -0.05) is 32.9 Å². The van der Waals surface area contributed by atoms with E-state index >= 15 is 0 Å². The molecule has 0 spiro atoms. The fraction of sp³-hybridized carbons (Fsp3) is 0.391. The molecule has 8 nitrogen and oxygen atoms in total. The van der Waals surface area contributed by atoms with Crippen molar-refractivity contribution in [3.05, 3.63) is 60.4 Å². The van der Waals surface area contributed by atoms with Crippen LogP contribution in [0.5, 0.6) is 0 Å². The molecule has 162 valence electrons. The van der Waals surface area contributed by atoms with E-state index in [1.54, 1.807) is 12.5 Å². The van der Waals surface area contributed by atoms with Gasteiger partial charge in [-0.25, -0.2) is 19.7 Å². The summed E-state index contributed by atoms with van der Waals surface area (Å²) in [6.07, 6.45) is 5.31. The lowest BCUT2D eigenvalue weighted by Gasteiger charge is -2.35. The quantitative estimate of drug-likeness (QED) is 0.701. The van der Waals surface area contributed by atoms with Crippen LogP contribution in [0.25, 0.3) is 5.82 Å². The maximum absolute atomic E-state index is 12.7. The first-order valence-corrected chi connectivity index (χ1v) is 10.5. The maximum Gasteiger partial charge on any atom is 0.321 e. The number of urea groups is 1. The number of anilines is 2. The Balaban J connectivity index is 1.37. The SMILES string of the molecule is Cc1nc(N2CCN(C(=O)Nc3ccc(C(C)(C)C)cc3)CC2)cc(-n2ccnc2)n1. The summed E-state index contributed by atoms with van der Waals surface area (Å²) in [5.74, 6) is 2.37. The van der Waals surface area contributed by atoms with Crippen LogP contribution in [0, 0.1) is 6.92 Å². The lowest BCUT2D eigenvalue weighted by molar-refractivity contribution is 0.208. The molecule has 1 aliphatic rings. The Kier molecular flexibility index (Phi) is 5.63. The Morgan fingerprint density at radius 3 is 2.29 bits per heavy atom. The smallest absolute Gasteiger partial charge is 0.321 e. The van der Waals surface area contributed by atoms with Gasteiger partial charge in [0.15, 0.2) is 0 Å². The molecule has 2 aromatic heterocycles. The van der Waals surface area contributed by atoms with E-state index in [-0.39, 0.29) is 11.4 Å². The summed E-state index contributed by atoms with van der Waals surface area (Å²) in [7, 11) is 0. The molecule has 0 atom stereocenters. The van der Waals surface area contributed by atoms with Gasteiger partial charge in [0.1, 0.15) is 23.8 Å². The van der Waals surface area contributed by atoms with E-state index in [0.717, 1.165) is 30.4 Å². The van der Waals surface area contributed by atoms with Crippen molar-refractivity contribution in [1.29, 1.82) is 0 Å². The highest BCUT2D eigenvalue weighted by atomic mass is 16.2. The van der Waals surface area contributed by atoms with Gasteiger partial charge in [0.25, 0.3) is 0 Å². The molecule has 4 rings (SSSR count). The molecule has 0 radical (unpaired) electrons. The van der Waals surface area contributed by atoms with Gasteiger partial charge in [0.05, 0.1) is 0 Å². The van der Waals surface area contributed by atoms with Crippen LogP contribution < -0.4 is 10.2 Å². The molecule has 1 aromatic carbocycles. The second kappa shape index (κ2) is 8.37. The van der Waals surface area contributed by atoms with E-state index in [1.165, 1.54) is 5.56 Å². The van der Waals surface area contributed by atoms with E-state index in [0.29, 0.717) is 18.9 Å². The number of hydrogen-bond donors (Lipinski definition) is 1. The minimum atomic E-state index is -0.0684. The third kappa shape index (κ3) is 4.84. The van der Waals surface area contributed by atoms with Crippen molar-refractivity contribution < 1.29 is 4.79 Å². The number of carbonyl (C=O) groups is 1. The van der Waals surface area contributed by atoms with Crippen LogP contribution in [0.1, 0.15) is 32.2 Å². The van der Waals surface area contributed by atoms with Crippen molar-refractivity contribution in [2.24, 2.45) is 0 Å². The standard InChI is InChI=1S/C23H29N7O/c1-17-25-20(15-21(26-17)30-10-9-24-16-30)28-11-13-29(14-12-28)22(31)27-19-7-5-18(6-8-19)23(2,3)4/h5-10,15-16H,11-14H2,1-4H3,(H,27,31). The lowest BCUT2D eigenvalue weighted by atomic mass is 9.87. The molecule has 31 heavy (non-hydrogen) atoms. The first kappa shape index (κ1) is 20.8. The minimum absolute atomic E-state index is 0.0684. The number of piperazine rings is 1. The predicted octanol–water partition coefficient (Wildman–Crippen LogP) is 3.62. The molecule has 3 heterocycles. The zero-order valence-corrected chi connectivity index (χ0v) is 18.5. The number of imidazole rings is 1. The van der Waals surface area contributed by atoms with Gasteiger partial charge in [0, 0.05) is 50.3 Å². The zero-order chi connectivity index (χ0) is 22.0. The Labute approximate surface area is 182 Å². The highest BCUT2D eigenvalue weighted by Gasteiger charge is 2.23. The second-order valence-corrected chi connectivity index (χ2v) is 8.83. The third-order valence-corrected chi connectivity index (χ3v) is 5.47. The summed E-state index contributed by atoms with van der Waals surface area (Å²) in [5.41, 5.74) is 2.15. The van der Waals surface area contributed by atoms with E-state index in [4.69, 9.17) is 0 Å². The predicted molar refractivity (Wildman–Crippen MR) is 122 cm³/mol. The Morgan fingerprint density at radius 1 is 1.00 bits per heavy atom. The number of amides is 2. The van der Waals surface area contributed by atoms with Crippen LogP contribution in [-0.2, 0) is 5.41 Å². The first-order chi connectivity index (χ1) is 14.8. The van der Waals surface area contributed by atoms with Gasteiger partial charge in [-0.15, -0.1) is 0 Å². The number of nitrogens with zero attached hydrogens (tertiary/aromatic N) is 6. The number of rotatable bonds is 3. The van der Waals surface area contributed by atoms with E-state index in [1.807, 2.05) is 40.8 Å². The Hall–Kier alpha value is -3.42. The van der Waals surface area contributed by atoms with Gasteiger partial charge in [-0.2, -0.15) is 0 Å². The number of benzene rings is 1. The lowest BCUT2D eigenvalue weighted by Crippen LogP contribution is -2.50. The normalized spacial score (nSPS) is 14.6. The molecule has 0 unspecified atom stereocenters. The number of nitrogens with one attached hydrogen (secondary N) is 1. The molecule has 1 N–H and O–H groups in total. The van der Waals surface area contributed by atoms with Gasteiger partial charge >= 0.3 is 6.03 Å². The molecule has 8 heteroatoms. The number of carbonyl (C=O) groups excluding carboxylic acids is 1. The average Bonchev–Trinajstić information content (AvgIpc) is 3.28. The molecular weight excluding hydrogens is 390 g/mol. The molecular formula is C23H29N7O. The van der Waals surface area contributed by atoms with Gasteiger partial charge in [-0.3, -0.25) is 4.57 Å². The topological polar surface area (TPSA) is 79.2 Å². The molecule has 0 saturated carbocycles. The van der Waals surface area contributed by atoms with Crippen molar-refractivity contribution >= 4 is 17.5 Å². The molecule has 1 aliphatic heterocycles. The van der Waals surface area contributed by atoms with Crippen LogP contribution in [0.15, 0.2) is 49.1 Å². The van der Waals surface area contributed by atoms with Crippen LogP contribution in [0.3, 0.4) is 0 Å². The summed E-state index contributed by atoms with van der Waals surface area (Å²) in [6.45, 7) is 11.1. The third-order valence-electron chi connectivity index (χ3n) is 5.47. The number of aromatic nitrogens is 4. The molecule has 1 saturated heterocycles. The van der Waals surface area contributed by atoms with Crippen molar-refractivity contribution in [3.8, 4) is 5.82 Å². The van der Waals surface area contributed by atoms with Crippen molar-refractivity contribution in [1.82, 2.24) is 24.4 Å². The molecule has 0 bridgehead atoms. The van der Waals surface area contributed by atoms with Crippen LogP contribution in [0.4, 0.5) is 16.3 Å². The minimum Gasteiger partial charge on any atom is -0.353 e. The van der Waals surface area contributed by atoms with Gasteiger partial charge in [0.2, 0.25) is 0 Å². The fourth-order valence-electron chi connectivity index (χ4n) is 3.62. The zero-order valence-electron chi connectivity index (χ0n) is 18.5. The second-order valence-electron chi connectivity index (χ2n) is 8.83. The summed E-state index contributed by atoms with van der Waals surface area (Å²) in [4.78, 5) is 29.9. The first-order valence-electron chi connectivity index (χ1n) is 10.5. The highest BCUT2D eigenvalue weighted by molar-refractivity contribution is 5.89. The highest BCUT2D eigenvalue weighted by Crippen LogP contribution is 2.24. The van der Waals surface area contributed by atoms with Crippen LogP contribution >= 0.6 is 0 Å². The van der Waals surface area contributed by atoms with E-state index in [9.17, 15) is 4.79 Å². The van der Waals surface area contributed by atoms with E-state index in [2.05, 4.69) is 58.1 Å². The average molecular weight is 420 g/mol. The van der Waals surface area contributed by atoms with Crippen LogP contribution in [0.2, 0.25) is 0 Å². The fourth-order valence-corrected chi connectivity index (χ4v) is 3.62. The summed E-state index contributed by atoms with van der Waals surface area (Å²) >= 11 is 0. The molecule has 2 amide bonds. The summed E-state index contributed by atoms with van der Waals surface area (Å²) in [5, 5.41) is 3.01. The van der Waals surface area contributed by atoms with Gasteiger partial charge < -0.3 is 15.1 Å². The number of aryl methyl sites for hydroxylation is 1. The molecule has 0 aliphatic carbocycles. The molecule has 1 fully saturated rings. The summed E-state index contributed by atoms with van der Waals surface area (Å²) < 4.78 is 1.87. The number of hydrogen-bond acceptors (Lipinski definition) is 5. The van der Waals surface area contributed by atoms with Crippen molar-refractivity contribution in [3.63, 3.8) is 0 Å². The maximum atomic E-state index is 12.7. The summed E-state index contributed by atoms with van der Waals surface area (Å²) in [6, 6.07) is 9.97. The monoisotopic (exact) mass is 419 g/mol. The largest absolute Gasteiger partial charge is 0.353 e. The Bertz CT molecular complexity index is 1030.